The molecule has 2 aromatic carbocycles. The van der Waals surface area contributed by atoms with Gasteiger partial charge in [-0.2, -0.15) is 4.31 Å². The number of benzene rings is 2. The summed E-state index contributed by atoms with van der Waals surface area (Å²) >= 11 is 0. The van der Waals surface area contributed by atoms with E-state index in [4.69, 9.17) is 4.74 Å². The fourth-order valence-electron chi connectivity index (χ4n) is 4.17. The Hall–Kier alpha value is -2.95. The zero-order chi connectivity index (χ0) is 24.0. The Labute approximate surface area is 200 Å². The zero-order valence-corrected chi connectivity index (χ0v) is 19.9. The van der Waals surface area contributed by atoms with Gasteiger partial charge in [0.15, 0.2) is 0 Å². The van der Waals surface area contributed by atoms with Gasteiger partial charge in [0, 0.05) is 52.1 Å². The standard InChI is InChI=1S/C24H30N4O5S/c29-23(25-21-8-4-5-9-22(21)26-16-18-33-19-17-26)10-11-24(30)27-12-14-28(15-13-27)34(31,32)20-6-2-1-3-7-20/h1-9H,10-19H2,(H,25,29). The van der Waals surface area contributed by atoms with Crippen molar-refractivity contribution in [2.75, 3.05) is 62.7 Å². The number of para-hydroxylation sites is 2. The van der Waals surface area contributed by atoms with Crippen LogP contribution in [0.1, 0.15) is 12.8 Å². The lowest BCUT2D eigenvalue weighted by atomic mass is 10.2. The number of hydrogen-bond donors (Lipinski definition) is 1. The van der Waals surface area contributed by atoms with Gasteiger partial charge in [0.2, 0.25) is 21.8 Å². The van der Waals surface area contributed by atoms with Crippen molar-refractivity contribution in [3.8, 4) is 0 Å². The van der Waals surface area contributed by atoms with Crippen LogP contribution in [0.5, 0.6) is 0 Å². The largest absolute Gasteiger partial charge is 0.378 e. The fourth-order valence-corrected chi connectivity index (χ4v) is 5.61. The maximum atomic E-state index is 12.8. The van der Waals surface area contributed by atoms with Crippen molar-refractivity contribution in [3.05, 3.63) is 54.6 Å². The van der Waals surface area contributed by atoms with Gasteiger partial charge < -0.3 is 19.9 Å². The lowest BCUT2D eigenvalue weighted by molar-refractivity contribution is -0.133. The van der Waals surface area contributed by atoms with Crippen molar-refractivity contribution < 1.29 is 22.7 Å². The molecule has 2 heterocycles. The summed E-state index contributed by atoms with van der Waals surface area (Å²) in [5.41, 5.74) is 1.67. The van der Waals surface area contributed by atoms with Crippen LogP contribution in [0.15, 0.2) is 59.5 Å². The van der Waals surface area contributed by atoms with Crippen LogP contribution in [-0.4, -0.2) is 81.9 Å². The summed E-state index contributed by atoms with van der Waals surface area (Å²) < 4.78 is 32.3. The Balaban J connectivity index is 1.26. The van der Waals surface area contributed by atoms with Gasteiger partial charge in [0.25, 0.3) is 0 Å². The van der Waals surface area contributed by atoms with Crippen LogP contribution in [0.25, 0.3) is 0 Å². The van der Waals surface area contributed by atoms with Crippen LogP contribution in [0.3, 0.4) is 0 Å². The summed E-state index contributed by atoms with van der Waals surface area (Å²) in [5, 5.41) is 2.93. The van der Waals surface area contributed by atoms with Gasteiger partial charge in [0.1, 0.15) is 0 Å². The average Bonchev–Trinajstić information content (AvgIpc) is 2.89. The molecule has 2 fully saturated rings. The highest BCUT2D eigenvalue weighted by molar-refractivity contribution is 7.89. The van der Waals surface area contributed by atoms with Crippen molar-refractivity contribution in [2.24, 2.45) is 0 Å². The molecule has 0 saturated carbocycles. The fraction of sp³-hybridized carbons (Fsp3) is 0.417. The highest BCUT2D eigenvalue weighted by Gasteiger charge is 2.30. The third kappa shape index (κ3) is 5.75. The first-order valence-electron chi connectivity index (χ1n) is 11.5. The number of nitrogens with zero attached hydrogens (tertiary/aromatic N) is 3. The molecule has 0 bridgehead atoms. The number of rotatable bonds is 7. The molecule has 10 heteroatoms. The molecule has 9 nitrogen and oxygen atoms in total. The Morgan fingerprint density at radius 3 is 2.18 bits per heavy atom. The van der Waals surface area contributed by atoms with Gasteiger partial charge in [0.05, 0.1) is 29.5 Å². The van der Waals surface area contributed by atoms with E-state index in [0.29, 0.717) is 26.3 Å². The number of ether oxygens (including phenoxy) is 1. The van der Waals surface area contributed by atoms with Gasteiger partial charge in [-0.3, -0.25) is 9.59 Å². The number of amides is 2. The highest BCUT2D eigenvalue weighted by Crippen LogP contribution is 2.26. The molecule has 2 aliphatic rings. The Morgan fingerprint density at radius 2 is 1.47 bits per heavy atom. The van der Waals surface area contributed by atoms with E-state index >= 15 is 0 Å². The maximum Gasteiger partial charge on any atom is 0.243 e. The molecule has 0 radical (unpaired) electrons. The number of carbonyl (C=O) groups excluding carboxylic acids is 2. The van der Waals surface area contributed by atoms with Crippen LogP contribution in [-0.2, 0) is 24.3 Å². The van der Waals surface area contributed by atoms with Crippen LogP contribution >= 0.6 is 0 Å². The minimum Gasteiger partial charge on any atom is -0.378 e. The average molecular weight is 487 g/mol. The third-order valence-electron chi connectivity index (χ3n) is 6.07. The Bertz CT molecular complexity index is 1100. The number of carbonyl (C=O) groups is 2. The monoisotopic (exact) mass is 486 g/mol. The molecule has 34 heavy (non-hydrogen) atoms. The van der Waals surface area contributed by atoms with Crippen molar-refractivity contribution in [1.82, 2.24) is 9.21 Å². The smallest absolute Gasteiger partial charge is 0.243 e. The van der Waals surface area contributed by atoms with E-state index in [1.165, 1.54) is 4.31 Å². The van der Waals surface area contributed by atoms with Crippen LogP contribution < -0.4 is 10.2 Å². The zero-order valence-electron chi connectivity index (χ0n) is 19.1. The maximum absolute atomic E-state index is 12.8. The molecule has 0 atom stereocenters. The molecule has 0 spiro atoms. The quantitative estimate of drug-likeness (QED) is 0.641. The van der Waals surface area contributed by atoms with Gasteiger partial charge in [-0.15, -0.1) is 0 Å². The summed E-state index contributed by atoms with van der Waals surface area (Å²) in [4.78, 5) is 29.3. The minimum absolute atomic E-state index is 0.0683. The third-order valence-corrected chi connectivity index (χ3v) is 7.98. The molecule has 0 unspecified atom stereocenters. The van der Waals surface area contributed by atoms with E-state index in [1.54, 1.807) is 35.2 Å². The van der Waals surface area contributed by atoms with Crippen LogP contribution in [0.2, 0.25) is 0 Å². The molecular formula is C24H30N4O5S. The van der Waals surface area contributed by atoms with E-state index in [1.807, 2.05) is 24.3 Å². The molecule has 2 aromatic rings. The number of nitrogens with one attached hydrogen (secondary N) is 1. The topological polar surface area (TPSA) is 99.3 Å². The lowest BCUT2D eigenvalue weighted by Gasteiger charge is -2.34. The van der Waals surface area contributed by atoms with E-state index < -0.39 is 10.0 Å². The number of anilines is 2. The van der Waals surface area contributed by atoms with Crippen molar-refractivity contribution in [2.45, 2.75) is 17.7 Å². The molecule has 182 valence electrons. The number of piperazine rings is 1. The summed E-state index contributed by atoms with van der Waals surface area (Å²) in [7, 11) is -3.57. The van der Waals surface area contributed by atoms with Crippen LogP contribution in [0, 0.1) is 0 Å². The second kappa shape index (κ2) is 11.0. The summed E-state index contributed by atoms with van der Waals surface area (Å²) in [6.07, 6.45) is 0.149. The first-order chi connectivity index (χ1) is 16.4. The second-order valence-corrected chi connectivity index (χ2v) is 10.2. The predicted octanol–water partition coefficient (Wildman–Crippen LogP) is 1.77. The molecule has 4 rings (SSSR count). The van der Waals surface area contributed by atoms with Gasteiger partial charge in [-0.25, -0.2) is 8.42 Å². The molecule has 2 saturated heterocycles. The first kappa shape index (κ1) is 24.2. The van der Waals surface area contributed by atoms with Crippen LogP contribution in [0.4, 0.5) is 11.4 Å². The van der Waals surface area contributed by atoms with E-state index in [2.05, 4.69) is 10.2 Å². The lowest BCUT2D eigenvalue weighted by Crippen LogP contribution is -2.50. The minimum atomic E-state index is -3.57. The first-order valence-corrected chi connectivity index (χ1v) is 12.9. The van der Waals surface area contributed by atoms with Gasteiger partial charge >= 0.3 is 0 Å². The van der Waals surface area contributed by atoms with E-state index in [9.17, 15) is 18.0 Å². The number of hydrogen-bond acceptors (Lipinski definition) is 6. The molecular weight excluding hydrogens is 456 g/mol. The Morgan fingerprint density at radius 1 is 0.824 bits per heavy atom. The number of sulfonamides is 1. The molecule has 0 aromatic heterocycles. The molecule has 1 N–H and O–H groups in total. The number of morpholine rings is 1. The predicted molar refractivity (Wildman–Crippen MR) is 129 cm³/mol. The van der Waals surface area contributed by atoms with Crippen molar-refractivity contribution >= 4 is 33.2 Å². The Kier molecular flexibility index (Phi) is 7.81. The van der Waals surface area contributed by atoms with E-state index in [-0.39, 0.29) is 42.6 Å². The normalized spacial score (nSPS) is 17.4. The SMILES string of the molecule is O=C(CCC(=O)N1CCN(S(=O)(=O)c2ccccc2)CC1)Nc1ccccc1N1CCOCC1. The van der Waals surface area contributed by atoms with E-state index in [0.717, 1.165) is 24.5 Å². The summed E-state index contributed by atoms with van der Waals surface area (Å²) in [6.45, 7) is 3.92. The summed E-state index contributed by atoms with van der Waals surface area (Å²) in [6, 6.07) is 15.9. The molecule has 0 aliphatic carbocycles. The van der Waals surface area contributed by atoms with Gasteiger partial charge in [-0.05, 0) is 24.3 Å². The second-order valence-electron chi connectivity index (χ2n) is 8.26. The highest BCUT2D eigenvalue weighted by atomic mass is 32.2. The summed E-state index contributed by atoms with van der Waals surface area (Å²) in [5.74, 6) is -0.368. The van der Waals surface area contributed by atoms with Crippen molar-refractivity contribution in [3.63, 3.8) is 0 Å². The van der Waals surface area contributed by atoms with Gasteiger partial charge in [-0.1, -0.05) is 30.3 Å². The molecule has 2 aliphatic heterocycles. The van der Waals surface area contributed by atoms with Crippen molar-refractivity contribution in [1.29, 1.82) is 0 Å². The molecule has 2 amide bonds.